The standard InChI is InChI=1S/C25H28Cl2N8O/c1-25(22(29)36)8-6-16(7-9-25)35-21-19(13-30-23(34-21)31-15-4-2-3-5-15)32-24(35)33-20-17(26)10-14(12-28)11-18(20)27/h10-11,13,15-16H,2-9H2,1H3,(H2,29,36)(H,32,33)(H,30,31,34)/t16-,25+. The molecule has 36 heavy (non-hydrogen) atoms. The number of rotatable bonds is 6. The van der Waals surface area contributed by atoms with Crippen molar-refractivity contribution in [1.82, 2.24) is 19.5 Å². The van der Waals surface area contributed by atoms with Crippen LogP contribution in [0.3, 0.4) is 0 Å². The first-order chi connectivity index (χ1) is 17.3. The molecule has 2 aliphatic carbocycles. The van der Waals surface area contributed by atoms with E-state index in [4.69, 9.17) is 38.9 Å². The van der Waals surface area contributed by atoms with Crippen LogP contribution in [-0.2, 0) is 4.79 Å². The second-order valence-corrected chi connectivity index (χ2v) is 10.9. The molecular formula is C25H28Cl2N8O. The van der Waals surface area contributed by atoms with Gasteiger partial charge >= 0.3 is 0 Å². The number of primary amides is 1. The Kier molecular flexibility index (Phi) is 6.66. The molecule has 2 aliphatic rings. The predicted molar refractivity (Wildman–Crippen MR) is 140 cm³/mol. The minimum Gasteiger partial charge on any atom is -0.369 e. The topological polar surface area (TPSA) is 135 Å². The molecule has 2 aromatic heterocycles. The van der Waals surface area contributed by atoms with Gasteiger partial charge in [-0.1, -0.05) is 43.0 Å². The summed E-state index contributed by atoms with van der Waals surface area (Å²) in [7, 11) is 0. The number of anilines is 3. The summed E-state index contributed by atoms with van der Waals surface area (Å²) in [6, 6.07) is 5.59. The Morgan fingerprint density at radius 1 is 1.17 bits per heavy atom. The SMILES string of the molecule is C[C@]1(C(N)=O)CC[C@@H](n2c(Nc3c(Cl)cc(C#N)cc3Cl)nc3cnc(NC4CCCC4)nc32)CC1. The van der Waals surface area contributed by atoms with Crippen molar-refractivity contribution in [3.8, 4) is 6.07 Å². The van der Waals surface area contributed by atoms with Gasteiger partial charge in [0.05, 0.1) is 33.6 Å². The summed E-state index contributed by atoms with van der Waals surface area (Å²) in [6.07, 6.45) is 9.17. The van der Waals surface area contributed by atoms with Crippen LogP contribution in [0.15, 0.2) is 18.3 Å². The summed E-state index contributed by atoms with van der Waals surface area (Å²) in [4.78, 5) is 26.2. The summed E-state index contributed by atoms with van der Waals surface area (Å²) in [5.74, 6) is 0.837. The van der Waals surface area contributed by atoms with Crippen LogP contribution in [0, 0.1) is 16.7 Å². The fourth-order valence-corrected chi connectivity index (χ4v) is 5.84. The van der Waals surface area contributed by atoms with Crippen LogP contribution < -0.4 is 16.4 Å². The van der Waals surface area contributed by atoms with Gasteiger partial charge in [-0.2, -0.15) is 10.2 Å². The van der Waals surface area contributed by atoms with E-state index in [2.05, 4.69) is 26.3 Å². The summed E-state index contributed by atoms with van der Waals surface area (Å²) < 4.78 is 2.06. The molecule has 2 fully saturated rings. The first-order valence-electron chi connectivity index (χ1n) is 12.2. The van der Waals surface area contributed by atoms with Crippen LogP contribution in [0.25, 0.3) is 11.2 Å². The van der Waals surface area contributed by atoms with Gasteiger partial charge in [0.25, 0.3) is 0 Å². The molecule has 0 unspecified atom stereocenters. The van der Waals surface area contributed by atoms with Crippen molar-refractivity contribution in [2.24, 2.45) is 11.1 Å². The zero-order chi connectivity index (χ0) is 25.4. The molecule has 0 aliphatic heterocycles. The van der Waals surface area contributed by atoms with E-state index in [9.17, 15) is 10.1 Å². The van der Waals surface area contributed by atoms with Crippen LogP contribution in [0.1, 0.15) is 69.9 Å². The third-order valence-electron chi connectivity index (χ3n) is 7.55. The highest BCUT2D eigenvalue weighted by Gasteiger charge is 2.37. The molecule has 1 amide bonds. The molecule has 0 spiro atoms. The molecule has 2 heterocycles. The summed E-state index contributed by atoms with van der Waals surface area (Å²) >= 11 is 12.9. The number of nitrogens with zero attached hydrogens (tertiary/aromatic N) is 5. The van der Waals surface area contributed by atoms with Gasteiger partial charge in [-0.15, -0.1) is 0 Å². The van der Waals surface area contributed by atoms with E-state index in [1.807, 2.05) is 6.92 Å². The van der Waals surface area contributed by atoms with E-state index in [0.29, 0.717) is 63.2 Å². The molecule has 2 saturated carbocycles. The highest BCUT2D eigenvalue weighted by Crippen LogP contribution is 2.43. The number of hydrogen-bond donors (Lipinski definition) is 3. The normalized spacial score (nSPS) is 22.4. The van der Waals surface area contributed by atoms with Crippen LogP contribution in [0.2, 0.25) is 10.0 Å². The second kappa shape index (κ2) is 9.75. The third kappa shape index (κ3) is 4.67. The number of carbonyl (C=O) groups is 1. The maximum absolute atomic E-state index is 12.0. The summed E-state index contributed by atoms with van der Waals surface area (Å²) in [5, 5.41) is 16.6. The van der Waals surface area contributed by atoms with Gasteiger partial charge in [0.15, 0.2) is 5.65 Å². The lowest BCUT2D eigenvalue weighted by Gasteiger charge is -2.35. The van der Waals surface area contributed by atoms with Gasteiger partial charge in [-0.05, 0) is 50.7 Å². The highest BCUT2D eigenvalue weighted by atomic mass is 35.5. The van der Waals surface area contributed by atoms with Gasteiger partial charge in [-0.3, -0.25) is 9.36 Å². The van der Waals surface area contributed by atoms with E-state index < -0.39 is 5.41 Å². The molecule has 9 nitrogen and oxygen atoms in total. The number of carbonyl (C=O) groups excluding carboxylic acids is 1. The van der Waals surface area contributed by atoms with Crippen molar-refractivity contribution in [2.45, 2.75) is 70.4 Å². The number of aromatic nitrogens is 4. The smallest absolute Gasteiger partial charge is 0.224 e. The number of fused-ring (bicyclic) bond motifs is 1. The first-order valence-corrected chi connectivity index (χ1v) is 13.0. The lowest BCUT2D eigenvalue weighted by molar-refractivity contribution is -0.128. The van der Waals surface area contributed by atoms with E-state index in [0.717, 1.165) is 25.7 Å². The van der Waals surface area contributed by atoms with Crippen molar-refractivity contribution in [2.75, 3.05) is 10.6 Å². The molecule has 0 atom stereocenters. The van der Waals surface area contributed by atoms with E-state index in [-0.39, 0.29) is 11.9 Å². The van der Waals surface area contributed by atoms with Crippen molar-refractivity contribution in [3.05, 3.63) is 33.9 Å². The summed E-state index contributed by atoms with van der Waals surface area (Å²) in [6.45, 7) is 1.93. The number of benzene rings is 1. The number of nitrogens with two attached hydrogens (primary N) is 1. The van der Waals surface area contributed by atoms with Crippen molar-refractivity contribution in [3.63, 3.8) is 0 Å². The molecule has 0 saturated heterocycles. The molecule has 11 heteroatoms. The largest absolute Gasteiger partial charge is 0.369 e. The van der Waals surface area contributed by atoms with E-state index >= 15 is 0 Å². The van der Waals surface area contributed by atoms with Crippen LogP contribution in [-0.4, -0.2) is 31.5 Å². The maximum atomic E-state index is 12.0. The first kappa shape index (κ1) is 24.6. The zero-order valence-corrected chi connectivity index (χ0v) is 21.5. The molecule has 1 aromatic carbocycles. The number of amides is 1. The molecule has 0 radical (unpaired) electrons. The lowest BCUT2D eigenvalue weighted by atomic mass is 9.73. The van der Waals surface area contributed by atoms with Gasteiger partial charge in [0, 0.05) is 17.5 Å². The van der Waals surface area contributed by atoms with Gasteiger partial charge < -0.3 is 16.4 Å². The number of nitriles is 1. The Morgan fingerprint density at radius 2 is 1.83 bits per heavy atom. The molecule has 5 rings (SSSR count). The number of halogens is 2. The Bertz CT molecular complexity index is 1330. The minimum atomic E-state index is -0.523. The Morgan fingerprint density at radius 3 is 2.44 bits per heavy atom. The Labute approximate surface area is 219 Å². The van der Waals surface area contributed by atoms with Crippen molar-refractivity contribution in [1.29, 1.82) is 5.26 Å². The number of imidazole rings is 1. The fourth-order valence-electron chi connectivity index (χ4n) is 5.26. The van der Waals surface area contributed by atoms with Crippen LogP contribution in [0.4, 0.5) is 17.6 Å². The Hall–Kier alpha value is -3.09. The molecule has 188 valence electrons. The van der Waals surface area contributed by atoms with E-state index in [1.54, 1.807) is 18.3 Å². The average molecular weight is 527 g/mol. The Balaban J connectivity index is 1.55. The van der Waals surface area contributed by atoms with E-state index in [1.165, 1.54) is 12.8 Å². The quantitative estimate of drug-likeness (QED) is 0.374. The van der Waals surface area contributed by atoms with Crippen LogP contribution in [0.5, 0.6) is 0 Å². The van der Waals surface area contributed by atoms with Gasteiger partial charge in [-0.25, -0.2) is 9.97 Å². The molecule has 0 bridgehead atoms. The summed E-state index contributed by atoms with van der Waals surface area (Å²) in [5.41, 5.74) is 7.33. The lowest BCUT2D eigenvalue weighted by Crippen LogP contribution is -2.38. The third-order valence-corrected chi connectivity index (χ3v) is 8.14. The minimum absolute atomic E-state index is 0.0371. The predicted octanol–water partition coefficient (Wildman–Crippen LogP) is 5.71. The van der Waals surface area contributed by atoms with Crippen molar-refractivity contribution >= 4 is 57.9 Å². The van der Waals surface area contributed by atoms with Crippen LogP contribution >= 0.6 is 23.2 Å². The van der Waals surface area contributed by atoms with Crippen molar-refractivity contribution < 1.29 is 4.79 Å². The second-order valence-electron chi connectivity index (χ2n) is 10.0. The zero-order valence-electron chi connectivity index (χ0n) is 20.0. The fraction of sp³-hybridized carbons (Fsp3) is 0.480. The monoisotopic (exact) mass is 526 g/mol. The number of hydrogen-bond acceptors (Lipinski definition) is 7. The molecule has 3 aromatic rings. The number of nitrogens with one attached hydrogen (secondary N) is 2. The highest BCUT2D eigenvalue weighted by molar-refractivity contribution is 6.39. The maximum Gasteiger partial charge on any atom is 0.224 e. The van der Waals surface area contributed by atoms with Gasteiger partial charge in [0.2, 0.25) is 17.8 Å². The molecular weight excluding hydrogens is 499 g/mol. The molecule has 4 N–H and O–H groups in total. The average Bonchev–Trinajstić information content (AvgIpc) is 3.49. The van der Waals surface area contributed by atoms with Gasteiger partial charge in [0.1, 0.15) is 5.52 Å².